The molecule has 1 rings (SSSR count). The van der Waals surface area contributed by atoms with Gasteiger partial charge in [-0.1, -0.05) is 59.1 Å². The summed E-state index contributed by atoms with van der Waals surface area (Å²) < 4.78 is 3.49. The topological polar surface area (TPSA) is 38.9 Å². The van der Waals surface area contributed by atoms with E-state index in [0.29, 0.717) is 10.6 Å². The van der Waals surface area contributed by atoms with Crippen LogP contribution < -0.4 is 0 Å². The molecule has 0 aromatic carbocycles. The number of hydrogen-bond donors (Lipinski definition) is 0. The summed E-state index contributed by atoms with van der Waals surface area (Å²) in [5.41, 5.74) is 0.653. The highest BCUT2D eigenvalue weighted by Crippen LogP contribution is 2.37. The van der Waals surface area contributed by atoms with Gasteiger partial charge in [-0.25, -0.2) is 0 Å². The van der Waals surface area contributed by atoms with Gasteiger partial charge in [-0.05, 0) is 19.1 Å². The van der Waals surface area contributed by atoms with Crippen LogP contribution in [-0.2, 0) is 3.79 Å². The molecule has 17 heavy (non-hydrogen) atoms. The van der Waals surface area contributed by atoms with Crippen LogP contribution in [0.15, 0.2) is 34.3 Å². The van der Waals surface area contributed by atoms with Gasteiger partial charge in [0.15, 0.2) is 0 Å². The average molecular weight is 314 g/mol. The normalized spacial score (nSPS) is 13.4. The predicted octanol–water partition coefficient (Wildman–Crippen LogP) is 4.61. The molecule has 0 aliphatic heterocycles. The Morgan fingerprint density at radius 1 is 1.29 bits per heavy atom. The molecular formula is C10H8Cl4N2O. The molecule has 0 bridgehead atoms. The number of allylic oxidation sites excluding steroid dienone is 5. The maximum atomic E-state index is 5.61. The molecule has 0 N–H and O–H groups in total. The molecule has 3 nitrogen and oxygen atoms in total. The van der Waals surface area contributed by atoms with Crippen LogP contribution >= 0.6 is 46.4 Å². The van der Waals surface area contributed by atoms with Crippen LogP contribution in [0.2, 0.25) is 0 Å². The monoisotopic (exact) mass is 312 g/mol. The molecule has 7 heteroatoms. The smallest absolute Gasteiger partial charge is 0.268 e. The SMILES string of the molecule is C=C(Cl)/C=C\C(=C/C)c1nnc(C(Cl)(Cl)Cl)o1. The molecule has 0 atom stereocenters. The number of hydrogen-bond acceptors (Lipinski definition) is 3. The van der Waals surface area contributed by atoms with E-state index in [0.717, 1.165) is 0 Å². The first-order valence-corrected chi connectivity index (χ1v) is 5.95. The van der Waals surface area contributed by atoms with Crippen LogP contribution in [0.3, 0.4) is 0 Å². The van der Waals surface area contributed by atoms with Gasteiger partial charge in [0.25, 0.3) is 9.68 Å². The lowest BCUT2D eigenvalue weighted by molar-refractivity contribution is 0.490. The quantitative estimate of drug-likeness (QED) is 0.604. The average Bonchev–Trinajstić information content (AvgIpc) is 2.67. The fraction of sp³-hybridized carbons (Fsp3) is 0.200. The van der Waals surface area contributed by atoms with Gasteiger partial charge in [-0.15, -0.1) is 10.2 Å². The number of alkyl halides is 3. The number of nitrogens with zero attached hydrogens (tertiary/aromatic N) is 2. The zero-order valence-electron chi connectivity index (χ0n) is 8.75. The van der Waals surface area contributed by atoms with Crippen molar-refractivity contribution in [3.63, 3.8) is 0 Å². The zero-order chi connectivity index (χ0) is 13.1. The minimum Gasteiger partial charge on any atom is -0.416 e. The van der Waals surface area contributed by atoms with Gasteiger partial charge in [0.05, 0.1) is 0 Å². The van der Waals surface area contributed by atoms with Gasteiger partial charge in [-0.3, -0.25) is 0 Å². The van der Waals surface area contributed by atoms with Gasteiger partial charge < -0.3 is 4.42 Å². The second-order valence-corrected chi connectivity index (χ2v) is 5.70. The third-order valence-electron chi connectivity index (χ3n) is 1.67. The van der Waals surface area contributed by atoms with Crippen molar-refractivity contribution in [3.05, 3.63) is 41.6 Å². The Labute approximate surface area is 119 Å². The minimum atomic E-state index is -1.73. The Hall–Kier alpha value is -0.480. The van der Waals surface area contributed by atoms with Crippen molar-refractivity contribution in [1.82, 2.24) is 10.2 Å². The Morgan fingerprint density at radius 3 is 2.35 bits per heavy atom. The van der Waals surface area contributed by atoms with Gasteiger partial charge in [0.1, 0.15) is 0 Å². The fourth-order valence-corrected chi connectivity index (χ4v) is 1.22. The maximum absolute atomic E-state index is 5.61. The molecule has 0 saturated carbocycles. The van der Waals surface area contributed by atoms with E-state index in [-0.39, 0.29) is 11.8 Å². The number of halogens is 4. The Kier molecular flexibility index (Phi) is 5.07. The maximum Gasteiger partial charge on any atom is 0.268 e. The molecule has 0 radical (unpaired) electrons. The molecular weight excluding hydrogens is 306 g/mol. The van der Waals surface area contributed by atoms with Gasteiger partial charge in [0.2, 0.25) is 5.89 Å². The lowest BCUT2D eigenvalue weighted by atomic mass is 10.2. The molecule has 0 spiro atoms. The van der Waals surface area contributed by atoms with E-state index in [2.05, 4.69) is 16.8 Å². The van der Waals surface area contributed by atoms with Gasteiger partial charge in [0, 0.05) is 10.6 Å². The van der Waals surface area contributed by atoms with E-state index in [1.165, 1.54) is 0 Å². The molecule has 0 unspecified atom stereocenters. The molecule has 0 aliphatic carbocycles. The first-order chi connectivity index (χ1) is 7.84. The first kappa shape index (κ1) is 14.6. The summed E-state index contributed by atoms with van der Waals surface area (Å²) in [7, 11) is 0. The summed E-state index contributed by atoms with van der Waals surface area (Å²) in [6.45, 7) is 5.32. The van der Waals surface area contributed by atoms with Crippen LogP contribution in [-0.4, -0.2) is 10.2 Å². The highest BCUT2D eigenvalue weighted by molar-refractivity contribution is 6.66. The molecule has 1 heterocycles. The predicted molar refractivity (Wildman–Crippen MR) is 71.3 cm³/mol. The summed E-state index contributed by atoms with van der Waals surface area (Å²) >= 11 is 22.4. The van der Waals surface area contributed by atoms with Crippen molar-refractivity contribution in [2.24, 2.45) is 0 Å². The Bertz CT molecular complexity index is 471. The van der Waals surface area contributed by atoms with Crippen molar-refractivity contribution in [2.45, 2.75) is 10.7 Å². The minimum absolute atomic E-state index is 0.0880. The summed E-state index contributed by atoms with van der Waals surface area (Å²) in [5, 5.41) is 7.79. The van der Waals surface area contributed by atoms with E-state index < -0.39 is 3.79 Å². The summed E-state index contributed by atoms with van der Waals surface area (Å²) in [6, 6.07) is 0. The number of rotatable bonds is 3. The molecule has 92 valence electrons. The van der Waals surface area contributed by atoms with E-state index in [1.807, 2.05) is 0 Å². The third kappa shape index (κ3) is 4.36. The lowest BCUT2D eigenvalue weighted by Crippen LogP contribution is -1.99. The highest BCUT2D eigenvalue weighted by atomic mass is 35.6. The summed E-state index contributed by atoms with van der Waals surface area (Å²) in [6.07, 6.45) is 5.02. The van der Waals surface area contributed by atoms with Crippen LogP contribution in [0, 0.1) is 0 Å². The molecule has 0 saturated heterocycles. The molecule has 1 aromatic rings. The van der Waals surface area contributed by atoms with Crippen LogP contribution in [0.4, 0.5) is 0 Å². The van der Waals surface area contributed by atoms with Crippen LogP contribution in [0.25, 0.3) is 5.57 Å². The Balaban J connectivity index is 3.00. The van der Waals surface area contributed by atoms with Crippen LogP contribution in [0.1, 0.15) is 18.7 Å². The Morgan fingerprint density at radius 2 is 1.94 bits per heavy atom. The van der Waals surface area contributed by atoms with Crippen molar-refractivity contribution in [2.75, 3.05) is 0 Å². The van der Waals surface area contributed by atoms with Crippen molar-refractivity contribution >= 4 is 52.0 Å². The number of aromatic nitrogens is 2. The van der Waals surface area contributed by atoms with Crippen molar-refractivity contribution < 1.29 is 4.42 Å². The second-order valence-electron chi connectivity index (χ2n) is 2.93. The van der Waals surface area contributed by atoms with E-state index in [1.54, 1.807) is 25.2 Å². The fourth-order valence-electron chi connectivity index (χ4n) is 0.926. The second kappa shape index (κ2) is 5.91. The third-order valence-corrected chi connectivity index (χ3v) is 2.28. The van der Waals surface area contributed by atoms with Crippen molar-refractivity contribution in [3.8, 4) is 0 Å². The van der Waals surface area contributed by atoms with Crippen molar-refractivity contribution in [1.29, 1.82) is 0 Å². The molecule has 0 fully saturated rings. The van der Waals surface area contributed by atoms with Crippen LogP contribution in [0.5, 0.6) is 0 Å². The van der Waals surface area contributed by atoms with E-state index in [4.69, 9.17) is 50.8 Å². The molecule has 1 aromatic heterocycles. The van der Waals surface area contributed by atoms with E-state index in [9.17, 15) is 0 Å². The highest BCUT2D eigenvalue weighted by Gasteiger charge is 2.30. The summed E-state index contributed by atoms with van der Waals surface area (Å²) in [4.78, 5) is 0. The standard InChI is InChI=1S/C10H8Cl4N2O/c1-3-7(5-4-6(2)11)8-15-16-9(17-8)10(12,13)14/h3-5H,2H2,1H3/b5-4-,7-3+. The van der Waals surface area contributed by atoms with Gasteiger partial charge >= 0.3 is 0 Å². The molecule has 0 aliphatic rings. The largest absolute Gasteiger partial charge is 0.416 e. The zero-order valence-corrected chi connectivity index (χ0v) is 11.8. The summed E-state index contributed by atoms with van der Waals surface area (Å²) in [5.74, 6) is 0.151. The van der Waals surface area contributed by atoms with E-state index >= 15 is 0 Å². The van der Waals surface area contributed by atoms with Gasteiger partial charge in [-0.2, -0.15) is 0 Å². The first-order valence-electron chi connectivity index (χ1n) is 4.44. The molecule has 0 amide bonds. The lowest BCUT2D eigenvalue weighted by Gasteiger charge is -2.02.